The molecule has 3 aliphatic carbocycles. The number of rotatable bonds is 5. The number of aliphatic hydroxyl groups is 3. The van der Waals surface area contributed by atoms with E-state index in [0.717, 1.165) is 0 Å². The van der Waals surface area contributed by atoms with Gasteiger partial charge in [-0.2, -0.15) is 0 Å². The lowest BCUT2D eigenvalue weighted by Gasteiger charge is -2.46. The molecule has 3 atom stereocenters. The Kier molecular flexibility index (Phi) is 6.60. The molecule has 202 valence electrons. The van der Waals surface area contributed by atoms with Crippen molar-refractivity contribution in [1.29, 1.82) is 0 Å². The Hall–Kier alpha value is -4.12. The molecule has 2 amide bonds. The van der Waals surface area contributed by atoms with E-state index in [4.69, 9.17) is 5.73 Å². The molecular weight excluding hydrogens is 494 g/mol. The van der Waals surface area contributed by atoms with Crippen LogP contribution in [0.3, 0.4) is 0 Å². The molecule has 1 aromatic carbocycles. The van der Waals surface area contributed by atoms with Crippen molar-refractivity contribution in [3.8, 4) is 5.75 Å². The fourth-order valence-corrected chi connectivity index (χ4v) is 5.71. The summed E-state index contributed by atoms with van der Waals surface area (Å²) in [6, 6.07) is 1.56. The van der Waals surface area contributed by atoms with Gasteiger partial charge in [-0.3, -0.25) is 19.2 Å². The summed E-state index contributed by atoms with van der Waals surface area (Å²) in [4.78, 5) is 51.8. The maximum Gasteiger partial charge on any atom is 0.255 e. The molecule has 0 aromatic heterocycles. The first kappa shape index (κ1) is 26.9. The number of aromatic hydroxyl groups is 1. The zero-order valence-electron chi connectivity index (χ0n) is 21.5. The number of carbonyl (C=O) groups is 4. The molecule has 0 heterocycles. The second kappa shape index (κ2) is 9.32. The lowest BCUT2D eigenvalue weighted by atomic mass is 9.59. The van der Waals surface area contributed by atoms with Crippen molar-refractivity contribution in [1.82, 2.24) is 5.32 Å². The largest absolute Gasteiger partial charge is 0.508 e. The molecule has 3 unspecified atom stereocenters. The average Bonchev–Trinajstić information content (AvgIpc) is 2.80. The number of phenolic OH excluding ortho intramolecular Hbond substituents is 1. The first-order valence-corrected chi connectivity index (χ1v) is 12.2. The number of hydrogen-bond acceptors (Lipinski definition) is 9. The molecule has 1 saturated carbocycles. The lowest BCUT2D eigenvalue weighted by molar-refractivity contribution is -0.147. The second-order valence-electron chi connectivity index (χ2n) is 10.5. The van der Waals surface area contributed by atoms with Crippen LogP contribution >= 0.6 is 0 Å². The third-order valence-electron chi connectivity index (χ3n) is 7.40. The summed E-state index contributed by atoms with van der Waals surface area (Å²) in [5, 5.41) is 47.3. The van der Waals surface area contributed by atoms with Crippen LogP contribution in [0.4, 0.5) is 5.69 Å². The highest BCUT2D eigenvalue weighted by atomic mass is 16.3. The molecule has 0 aliphatic heterocycles. The number of nitrogens with zero attached hydrogens (tertiary/aromatic N) is 1. The number of carbonyl (C=O) groups excluding carboxylic acids is 4. The van der Waals surface area contributed by atoms with Crippen molar-refractivity contribution < 1.29 is 39.6 Å². The predicted octanol–water partition coefficient (Wildman–Crippen LogP) is 1.03. The molecule has 38 heavy (non-hydrogen) atoms. The number of phenols is 1. The van der Waals surface area contributed by atoms with Crippen LogP contribution in [-0.2, 0) is 25.6 Å². The Balaban J connectivity index is 1.90. The van der Waals surface area contributed by atoms with Gasteiger partial charge in [-0.1, -0.05) is 0 Å². The number of aliphatic hydroxyl groups excluding tert-OH is 2. The molecule has 4 rings (SSSR count). The van der Waals surface area contributed by atoms with Crippen LogP contribution in [-0.4, -0.2) is 69.5 Å². The van der Waals surface area contributed by atoms with Crippen LogP contribution in [0.5, 0.6) is 5.75 Å². The van der Waals surface area contributed by atoms with Crippen molar-refractivity contribution in [2.45, 2.75) is 44.8 Å². The van der Waals surface area contributed by atoms with Gasteiger partial charge in [0, 0.05) is 55.4 Å². The smallest absolute Gasteiger partial charge is 0.255 e. The van der Waals surface area contributed by atoms with Gasteiger partial charge in [0.1, 0.15) is 22.8 Å². The third kappa shape index (κ3) is 4.03. The molecule has 1 aromatic rings. The molecule has 11 nitrogen and oxygen atoms in total. The number of ketones is 2. The number of amides is 2. The van der Waals surface area contributed by atoms with E-state index in [9.17, 15) is 39.6 Å². The summed E-state index contributed by atoms with van der Waals surface area (Å²) in [6.07, 6.45) is 2.48. The first-order valence-electron chi connectivity index (χ1n) is 12.2. The maximum absolute atomic E-state index is 13.7. The number of anilines is 1. The summed E-state index contributed by atoms with van der Waals surface area (Å²) >= 11 is 0. The van der Waals surface area contributed by atoms with Crippen molar-refractivity contribution in [2.75, 3.05) is 19.0 Å². The standard InChI is InChI=1S/C27H31N3O8/c1-11(2)29-18(32)6-5-12-9-16(30(3)4)15-8-13-7-14-10-17(31)21(26(28)37)25(36)27(14,38)24(35)19(13)23(34)20(15)22(12)33/h5-6,9,11,13-14,33-34,36,38H,7-8,10H2,1-4H3,(H2,28,37)(H,29,32)/b6-5+. The van der Waals surface area contributed by atoms with E-state index in [0.29, 0.717) is 11.3 Å². The average molecular weight is 526 g/mol. The van der Waals surface area contributed by atoms with Gasteiger partial charge in [0.05, 0.1) is 5.56 Å². The van der Waals surface area contributed by atoms with E-state index < -0.39 is 52.0 Å². The summed E-state index contributed by atoms with van der Waals surface area (Å²) in [6.45, 7) is 3.60. The minimum Gasteiger partial charge on any atom is -0.508 e. The van der Waals surface area contributed by atoms with Gasteiger partial charge < -0.3 is 36.4 Å². The number of fused-ring (bicyclic) bond motifs is 3. The molecule has 0 saturated heterocycles. The van der Waals surface area contributed by atoms with Gasteiger partial charge >= 0.3 is 0 Å². The summed E-state index contributed by atoms with van der Waals surface area (Å²) < 4.78 is 0. The summed E-state index contributed by atoms with van der Waals surface area (Å²) in [5.74, 6) is -7.23. The highest BCUT2D eigenvalue weighted by molar-refractivity contribution is 6.22. The van der Waals surface area contributed by atoms with Gasteiger partial charge in [0.15, 0.2) is 11.4 Å². The van der Waals surface area contributed by atoms with Crippen LogP contribution in [0.15, 0.2) is 29.0 Å². The van der Waals surface area contributed by atoms with Crippen molar-refractivity contribution >= 4 is 40.9 Å². The van der Waals surface area contributed by atoms with Crippen LogP contribution in [0.2, 0.25) is 0 Å². The zero-order valence-corrected chi connectivity index (χ0v) is 21.5. The second-order valence-corrected chi connectivity index (χ2v) is 10.5. The van der Waals surface area contributed by atoms with Crippen LogP contribution in [0, 0.1) is 11.8 Å². The monoisotopic (exact) mass is 525 g/mol. The molecule has 1 fully saturated rings. The number of hydrogen-bond donors (Lipinski definition) is 6. The van der Waals surface area contributed by atoms with E-state index >= 15 is 0 Å². The fraction of sp³-hybridized carbons (Fsp3) is 0.407. The van der Waals surface area contributed by atoms with Crippen molar-refractivity contribution in [3.63, 3.8) is 0 Å². The first-order chi connectivity index (χ1) is 17.7. The fourth-order valence-electron chi connectivity index (χ4n) is 5.71. The van der Waals surface area contributed by atoms with Crippen molar-refractivity contribution in [3.05, 3.63) is 45.7 Å². The Bertz CT molecular complexity index is 1370. The molecule has 7 N–H and O–H groups in total. The number of nitrogens with two attached hydrogens (primary N) is 1. The van der Waals surface area contributed by atoms with Crippen molar-refractivity contribution in [2.24, 2.45) is 17.6 Å². The molecule has 0 radical (unpaired) electrons. The number of nitrogens with one attached hydrogen (secondary N) is 1. The molecule has 3 aliphatic rings. The normalized spacial score (nSPS) is 24.9. The van der Waals surface area contributed by atoms with Crippen LogP contribution in [0.25, 0.3) is 11.8 Å². The summed E-state index contributed by atoms with van der Waals surface area (Å²) in [7, 11) is 3.53. The van der Waals surface area contributed by atoms with Crippen LogP contribution < -0.4 is 16.0 Å². The molecular formula is C27H31N3O8. The topological polar surface area (TPSA) is 190 Å². The van der Waals surface area contributed by atoms with Gasteiger partial charge in [-0.05, 0) is 50.3 Å². The van der Waals surface area contributed by atoms with Crippen LogP contribution in [0.1, 0.15) is 43.4 Å². The predicted molar refractivity (Wildman–Crippen MR) is 138 cm³/mol. The number of Topliss-reactive ketones (excluding diaryl/α,β-unsaturated/α-hetero) is 2. The van der Waals surface area contributed by atoms with E-state index in [1.165, 1.54) is 12.2 Å². The van der Waals surface area contributed by atoms with Gasteiger partial charge in [0.2, 0.25) is 11.7 Å². The SMILES string of the molecule is CC(C)NC(=O)/C=C/c1cc(N(C)C)c2c(c1O)C(O)=C1C(=O)C3(O)C(O)=C(C(N)=O)C(=O)CC3CC1C2. The minimum absolute atomic E-state index is 0.0350. The Labute approximate surface area is 218 Å². The highest BCUT2D eigenvalue weighted by Crippen LogP contribution is 2.53. The quantitative estimate of drug-likeness (QED) is 0.241. The number of primary amides is 1. The zero-order chi connectivity index (χ0) is 28.3. The highest BCUT2D eigenvalue weighted by Gasteiger charge is 2.60. The van der Waals surface area contributed by atoms with E-state index in [-0.39, 0.29) is 53.7 Å². The Morgan fingerprint density at radius 2 is 1.84 bits per heavy atom. The van der Waals surface area contributed by atoms with Gasteiger partial charge in [-0.25, -0.2) is 0 Å². The molecule has 0 bridgehead atoms. The molecule has 11 heteroatoms. The van der Waals surface area contributed by atoms with E-state index in [1.54, 1.807) is 38.9 Å². The Morgan fingerprint density at radius 1 is 1.18 bits per heavy atom. The number of benzene rings is 1. The minimum atomic E-state index is -2.62. The lowest BCUT2D eigenvalue weighted by Crippen LogP contribution is -2.58. The Morgan fingerprint density at radius 3 is 2.42 bits per heavy atom. The van der Waals surface area contributed by atoms with Gasteiger partial charge in [-0.15, -0.1) is 0 Å². The maximum atomic E-state index is 13.7. The van der Waals surface area contributed by atoms with E-state index in [2.05, 4.69) is 5.32 Å². The van der Waals surface area contributed by atoms with E-state index in [1.807, 2.05) is 0 Å². The van der Waals surface area contributed by atoms with Gasteiger partial charge in [0.25, 0.3) is 5.91 Å². The molecule has 0 spiro atoms. The third-order valence-corrected chi connectivity index (χ3v) is 7.40. The summed E-state index contributed by atoms with van der Waals surface area (Å²) in [5.41, 5.74) is 2.88.